The maximum atomic E-state index is 12.9. The Hall–Kier alpha value is -4.37. The average Bonchev–Trinajstić information content (AvgIpc) is 2.98. The molecule has 1 N–H and O–H groups in total. The highest BCUT2D eigenvalue weighted by Gasteiger charge is 2.28. The van der Waals surface area contributed by atoms with Gasteiger partial charge in [-0.1, -0.05) is 18.2 Å². The van der Waals surface area contributed by atoms with Crippen LogP contribution in [0.25, 0.3) is 10.9 Å². The highest BCUT2D eigenvalue weighted by atomic mass is 16.5. The van der Waals surface area contributed by atoms with Gasteiger partial charge in [0.25, 0.3) is 0 Å². The van der Waals surface area contributed by atoms with Crippen LogP contribution in [0, 0.1) is 0 Å². The topological polar surface area (TPSA) is 105 Å². The smallest absolute Gasteiger partial charge is 0.306 e. The molecule has 5 rings (SSSR count). The molecule has 202 valence electrons. The summed E-state index contributed by atoms with van der Waals surface area (Å²) in [5.41, 5.74) is 2.03. The summed E-state index contributed by atoms with van der Waals surface area (Å²) in [6.07, 6.45) is 1.54. The molecule has 2 aromatic heterocycles. The van der Waals surface area contributed by atoms with E-state index >= 15 is 0 Å². The van der Waals surface area contributed by atoms with Gasteiger partial charge in [0.05, 0.1) is 38.6 Å². The molecule has 9 nitrogen and oxygen atoms in total. The number of rotatable bonds is 8. The molecule has 1 aliphatic rings. The molecule has 0 radical (unpaired) electrons. The van der Waals surface area contributed by atoms with E-state index in [1.165, 1.54) is 13.2 Å². The summed E-state index contributed by atoms with van der Waals surface area (Å²) in [6.45, 7) is 3.57. The van der Waals surface area contributed by atoms with E-state index in [0.29, 0.717) is 12.3 Å². The van der Waals surface area contributed by atoms with Gasteiger partial charge in [-0.25, -0.2) is 0 Å². The minimum absolute atomic E-state index is 0.0520. The third kappa shape index (κ3) is 5.73. The van der Waals surface area contributed by atoms with Crippen LogP contribution < -0.4 is 15.1 Å². The first kappa shape index (κ1) is 26.2. The summed E-state index contributed by atoms with van der Waals surface area (Å²) >= 11 is 0. The van der Waals surface area contributed by atoms with Crippen LogP contribution in [0.2, 0.25) is 0 Å². The van der Waals surface area contributed by atoms with Crippen molar-refractivity contribution < 1.29 is 23.8 Å². The summed E-state index contributed by atoms with van der Waals surface area (Å²) in [5, 5.41) is 11.6. The minimum Gasteiger partial charge on any atom is -0.502 e. The average molecular weight is 530 g/mol. The van der Waals surface area contributed by atoms with Crippen molar-refractivity contribution in [2.24, 2.45) is 0 Å². The largest absolute Gasteiger partial charge is 0.502 e. The van der Waals surface area contributed by atoms with Gasteiger partial charge in [0.15, 0.2) is 5.76 Å². The lowest BCUT2D eigenvalue weighted by molar-refractivity contribution is -0.140. The highest BCUT2D eigenvalue weighted by Crippen LogP contribution is 2.36. The number of para-hydroxylation sites is 1. The molecular formula is C30H31N3O6. The van der Waals surface area contributed by atoms with Crippen LogP contribution in [0.1, 0.15) is 29.4 Å². The standard InChI is InChI=1S/C30H31N3O6/c1-37-21-9-7-20(8-10-21)33-15-13-32(14-16-33)19-22-17-27(34)29(36)30(39-22)25(18-28(35)38-2)23-11-12-31-26-6-4-3-5-24(23)26/h3-12,17,25,36H,13-16,18-19H2,1-2H3/t25-/m1/s1. The number of ether oxygens (including phenoxy) is 2. The number of piperazine rings is 1. The lowest BCUT2D eigenvalue weighted by atomic mass is 9.90. The van der Waals surface area contributed by atoms with Crippen LogP contribution in [-0.4, -0.2) is 61.4 Å². The number of anilines is 1. The van der Waals surface area contributed by atoms with E-state index in [-0.39, 0.29) is 12.2 Å². The molecule has 3 heterocycles. The predicted molar refractivity (Wildman–Crippen MR) is 147 cm³/mol. The summed E-state index contributed by atoms with van der Waals surface area (Å²) in [6, 6.07) is 18.6. The fraction of sp³-hybridized carbons (Fsp3) is 0.300. The predicted octanol–water partition coefficient (Wildman–Crippen LogP) is 3.92. The first-order valence-electron chi connectivity index (χ1n) is 12.8. The number of hydrogen-bond donors (Lipinski definition) is 1. The molecule has 1 saturated heterocycles. The van der Waals surface area contributed by atoms with E-state index in [0.717, 1.165) is 54.1 Å². The highest BCUT2D eigenvalue weighted by molar-refractivity contribution is 5.84. The lowest BCUT2D eigenvalue weighted by Crippen LogP contribution is -2.46. The van der Waals surface area contributed by atoms with Crippen molar-refractivity contribution in [2.45, 2.75) is 18.9 Å². The summed E-state index contributed by atoms with van der Waals surface area (Å²) in [7, 11) is 2.96. The Balaban J connectivity index is 1.40. The number of methoxy groups -OCH3 is 2. The van der Waals surface area contributed by atoms with E-state index < -0.39 is 23.1 Å². The molecular weight excluding hydrogens is 498 g/mol. The number of pyridine rings is 1. The van der Waals surface area contributed by atoms with E-state index in [9.17, 15) is 14.7 Å². The Kier molecular flexibility index (Phi) is 7.79. The fourth-order valence-corrected chi connectivity index (χ4v) is 5.06. The van der Waals surface area contributed by atoms with Crippen LogP contribution in [-0.2, 0) is 16.1 Å². The molecule has 0 aliphatic carbocycles. The third-order valence-corrected chi connectivity index (χ3v) is 7.16. The quantitative estimate of drug-likeness (QED) is 0.340. The number of nitrogens with zero attached hydrogens (tertiary/aromatic N) is 3. The monoisotopic (exact) mass is 529 g/mol. The van der Waals surface area contributed by atoms with Gasteiger partial charge >= 0.3 is 5.97 Å². The number of aromatic hydroxyl groups is 1. The van der Waals surface area contributed by atoms with Crippen LogP contribution >= 0.6 is 0 Å². The van der Waals surface area contributed by atoms with Crippen LogP contribution in [0.5, 0.6) is 11.5 Å². The Bertz CT molecular complexity index is 1500. The zero-order valence-electron chi connectivity index (χ0n) is 22.0. The van der Waals surface area contributed by atoms with Gasteiger partial charge in [-0.2, -0.15) is 0 Å². The van der Waals surface area contributed by atoms with Crippen molar-refractivity contribution >= 4 is 22.6 Å². The Labute approximate surface area is 226 Å². The molecule has 0 saturated carbocycles. The minimum atomic E-state index is -0.732. The number of aromatic nitrogens is 1. The van der Waals surface area contributed by atoms with Crippen LogP contribution in [0.3, 0.4) is 0 Å². The number of carbonyl (C=O) groups is 1. The molecule has 0 amide bonds. The van der Waals surface area contributed by atoms with Crippen molar-refractivity contribution in [3.05, 3.63) is 94.2 Å². The molecule has 0 unspecified atom stereocenters. The van der Waals surface area contributed by atoms with Crippen molar-refractivity contribution in [2.75, 3.05) is 45.3 Å². The number of carbonyl (C=O) groups excluding carboxylic acids is 1. The first-order valence-corrected chi connectivity index (χ1v) is 12.8. The second-order valence-electron chi connectivity index (χ2n) is 9.50. The number of esters is 1. The fourth-order valence-electron chi connectivity index (χ4n) is 5.06. The molecule has 4 aromatic rings. The number of fused-ring (bicyclic) bond motifs is 1. The summed E-state index contributed by atoms with van der Waals surface area (Å²) in [5.74, 6) is -0.415. The van der Waals surface area contributed by atoms with E-state index in [1.54, 1.807) is 19.4 Å². The molecule has 0 spiro atoms. The summed E-state index contributed by atoms with van der Waals surface area (Å²) in [4.78, 5) is 34.2. The van der Waals surface area contributed by atoms with Crippen molar-refractivity contribution in [3.8, 4) is 11.5 Å². The van der Waals surface area contributed by atoms with Gasteiger partial charge in [0.2, 0.25) is 11.2 Å². The molecule has 1 aliphatic heterocycles. The third-order valence-electron chi connectivity index (χ3n) is 7.16. The summed E-state index contributed by atoms with van der Waals surface area (Å²) < 4.78 is 16.4. The second-order valence-corrected chi connectivity index (χ2v) is 9.50. The normalized spacial score (nSPS) is 14.8. The molecule has 39 heavy (non-hydrogen) atoms. The Morgan fingerprint density at radius 3 is 2.51 bits per heavy atom. The van der Waals surface area contributed by atoms with Crippen molar-refractivity contribution in [3.63, 3.8) is 0 Å². The Morgan fingerprint density at radius 1 is 1.05 bits per heavy atom. The van der Waals surface area contributed by atoms with Crippen LogP contribution in [0.4, 0.5) is 5.69 Å². The van der Waals surface area contributed by atoms with Gasteiger partial charge in [-0.05, 0) is 42.0 Å². The van der Waals surface area contributed by atoms with Crippen molar-refractivity contribution in [1.29, 1.82) is 0 Å². The number of benzene rings is 2. The molecule has 1 fully saturated rings. The Morgan fingerprint density at radius 2 is 1.79 bits per heavy atom. The number of hydrogen-bond acceptors (Lipinski definition) is 9. The van der Waals surface area contributed by atoms with E-state index in [2.05, 4.69) is 14.8 Å². The lowest BCUT2D eigenvalue weighted by Gasteiger charge is -2.36. The first-order chi connectivity index (χ1) is 19.0. The van der Waals surface area contributed by atoms with Gasteiger partial charge in [-0.15, -0.1) is 0 Å². The van der Waals surface area contributed by atoms with Crippen LogP contribution in [0.15, 0.2) is 76.1 Å². The van der Waals surface area contributed by atoms with Gasteiger partial charge in [-0.3, -0.25) is 19.5 Å². The zero-order chi connectivity index (χ0) is 27.4. The van der Waals surface area contributed by atoms with Gasteiger partial charge in [0, 0.05) is 49.5 Å². The molecule has 9 heteroatoms. The second kappa shape index (κ2) is 11.6. The molecule has 2 aromatic carbocycles. The zero-order valence-corrected chi connectivity index (χ0v) is 22.0. The van der Waals surface area contributed by atoms with E-state index in [1.807, 2.05) is 48.5 Å². The van der Waals surface area contributed by atoms with Crippen molar-refractivity contribution in [1.82, 2.24) is 9.88 Å². The maximum Gasteiger partial charge on any atom is 0.306 e. The SMILES string of the molecule is COC(=O)C[C@@H](c1oc(CN2CCN(c3ccc(OC)cc3)CC2)cc(=O)c1O)c1ccnc2ccccc12. The van der Waals surface area contributed by atoms with E-state index in [4.69, 9.17) is 13.9 Å². The molecule has 1 atom stereocenters. The maximum absolute atomic E-state index is 12.9. The molecule has 0 bridgehead atoms. The van der Waals surface area contributed by atoms with Gasteiger partial charge < -0.3 is 23.9 Å². The van der Waals surface area contributed by atoms with Gasteiger partial charge in [0.1, 0.15) is 11.5 Å².